The number of ether oxygens (including phenoxy) is 3. The maximum absolute atomic E-state index is 12.4. The molecule has 3 N–H and O–H groups in total. The van der Waals surface area contributed by atoms with Gasteiger partial charge in [0.2, 0.25) is 0 Å². The molecule has 2 unspecified atom stereocenters. The van der Waals surface area contributed by atoms with Gasteiger partial charge in [-0.15, -0.1) is 17.0 Å². The van der Waals surface area contributed by atoms with Crippen molar-refractivity contribution in [3.63, 3.8) is 0 Å². The Morgan fingerprint density at radius 2 is 1.55 bits per heavy atom. The maximum atomic E-state index is 12.4. The summed E-state index contributed by atoms with van der Waals surface area (Å²) >= 11 is 0. The lowest BCUT2D eigenvalue weighted by molar-refractivity contribution is 0.00888. The summed E-state index contributed by atoms with van der Waals surface area (Å²) in [6.45, 7) is 12.6. The Morgan fingerprint density at radius 1 is 0.974 bits per heavy atom. The van der Waals surface area contributed by atoms with Crippen LogP contribution in [0.2, 0.25) is 0 Å². The van der Waals surface area contributed by atoms with Gasteiger partial charge < -0.3 is 34.6 Å². The fraction of sp³-hybridized carbons (Fsp3) is 0.552. The molecule has 8 nitrogen and oxygen atoms in total. The van der Waals surface area contributed by atoms with Crippen LogP contribution in [0.3, 0.4) is 0 Å². The van der Waals surface area contributed by atoms with E-state index in [0.29, 0.717) is 38.0 Å². The number of fused-ring (bicyclic) bond motifs is 2. The van der Waals surface area contributed by atoms with E-state index >= 15 is 0 Å². The Balaban J connectivity index is 0.000000277. The lowest BCUT2D eigenvalue weighted by atomic mass is 10.0. The Labute approximate surface area is 237 Å². The van der Waals surface area contributed by atoms with Gasteiger partial charge in [0.25, 0.3) is 0 Å². The van der Waals surface area contributed by atoms with E-state index in [1.54, 1.807) is 29.2 Å². The smallest absolute Gasteiger partial charge is 0.410 e. The topological polar surface area (TPSA) is 100 Å². The molecule has 4 rings (SSSR count). The molecule has 0 bridgehead atoms. The third-order valence-corrected chi connectivity index (χ3v) is 6.11. The molecule has 0 aliphatic carbocycles. The summed E-state index contributed by atoms with van der Waals surface area (Å²) < 4.78 is 16.8. The van der Waals surface area contributed by atoms with Crippen LogP contribution in [-0.4, -0.2) is 65.2 Å². The van der Waals surface area contributed by atoms with E-state index in [1.165, 1.54) is 5.56 Å². The Hall–Kier alpha value is -2.65. The second kappa shape index (κ2) is 14.5. The highest BCUT2D eigenvalue weighted by molar-refractivity contribution is 8.93. The number of aromatic hydroxyl groups is 2. The molecule has 2 aromatic rings. The molecule has 0 aromatic heterocycles. The number of hydrogen-bond donors (Lipinski definition) is 3. The highest BCUT2D eigenvalue weighted by atomic mass is 79.9. The Bertz CT molecular complexity index is 1040. The summed E-state index contributed by atoms with van der Waals surface area (Å²) in [4.78, 5) is 14.2. The summed E-state index contributed by atoms with van der Waals surface area (Å²) in [6, 6.07) is 10.8. The largest absolute Gasteiger partial charge is 0.508 e. The van der Waals surface area contributed by atoms with Gasteiger partial charge in [-0.25, -0.2) is 4.79 Å². The molecule has 212 valence electrons. The molecule has 2 aliphatic heterocycles. The van der Waals surface area contributed by atoms with E-state index in [4.69, 9.17) is 14.2 Å². The van der Waals surface area contributed by atoms with Gasteiger partial charge in [0, 0.05) is 24.7 Å². The van der Waals surface area contributed by atoms with Gasteiger partial charge in [-0.2, -0.15) is 0 Å². The molecule has 1 amide bonds. The summed E-state index contributed by atoms with van der Waals surface area (Å²) in [5.74, 6) is 1.98. The molecule has 38 heavy (non-hydrogen) atoms. The molecule has 2 aromatic carbocycles. The van der Waals surface area contributed by atoms with Crippen LogP contribution in [0.4, 0.5) is 4.79 Å². The zero-order chi connectivity index (χ0) is 27.0. The standard InChI is InChI=1S/C17H25NO4.C12H17NO2.BrH/c1-5-8-18(16(20)22-17(2,3)4)13-9-12-6-7-14(19)10-15(12)21-11-13;1-2-5-13-10-6-9-3-4-11(14)7-12(9)15-8-10;/h6-7,10,13,19H,5,8-9,11H2,1-4H3;3-4,7,10,13-14H,2,5-6,8H2,1H3;1H. The van der Waals surface area contributed by atoms with Gasteiger partial charge in [0.1, 0.15) is 41.8 Å². The van der Waals surface area contributed by atoms with Crippen LogP contribution in [0.25, 0.3) is 0 Å². The summed E-state index contributed by atoms with van der Waals surface area (Å²) in [6.07, 6.45) is 3.38. The number of benzene rings is 2. The van der Waals surface area contributed by atoms with Crippen LogP contribution < -0.4 is 14.8 Å². The van der Waals surface area contributed by atoms with E-state index in [1.807, 2.05) is 39.8 Å². The van der Waals surface area contributed by atoms with E-state index in [0.717, 1.165) is 37.1 Å². The number of carbonyl (C=O) groups is 1. The molecule has 0 spiro atoms. The van der Waals surface area contributed by atoms with Crippen molar-refractivity contribution < 1.29 is 29.2 Å². The number of halogens is 1. The summed E-state index contributed by atoms with van der Waals surface area (Å²) in [7, 11) is 0. The van der Waals surface area contributed by atoms with Gasteiger partial charge >= 0.3 is 6.09 Å². The first kappa shape index (κ1) is 31.6. The second-order valence-electron chi connectivity index (χ2n) is 10.6. The Morgan fingerprint density at radius 3 is 2.11 bits per heavy atom. The normalized spacial score (nSPS) is 17.7. The molecule has 0 saturated carbocycles. The quantitative estimate of drug-likeness (QED) is 0.399. The maximum Gasteiger partial charge on any atom is 0.410 e. The van der Waals surface area contributed by atoms with Crippen LogP contribution in [0, 0.1) is 0 Å². The number of amides is 1. The first-order chi connectivity index (χ1) is 17.6. The molecule has 9 heteroatoms. The molecule has 2 atom stereocenters. The number of rotatable bonds is 6. The number of hydrogen-bond acceptors (Lipinski definition) is 7. The number of phenolic OH excluding ortho intramolecular Hbond substituents is 2. The molecular formula is C29H43BrN2O6. The minimum absolute atomic E-state index is 0. The molecule has 0 radical (unpaired) electrons. The van der Waals surface area contributed by atoms with Crippen molar-refractivity contribution in [3.8, 4) is 23.0 Å². The number of nitrogens with zero attached hydrogens (tertiary/aromatic N) is 1. The van der Waals surface area contributed by atoms with Crippen molar-refractivity contribution in [2.45, 2.75) is 78.0 Å². The van der Waals surface area contributed by atoms with Gasteiger partial charge in [0.15, 0.2) is 0 Å². The van der Waals surface area contributed by atoms with Crippen molar-refractivity contribution in [3.05, 3.63) is 47.5 Å². The van der Waals surface area contributed by atoms with E-state index < -0.39 is 5.60 Å². The fourth-order valence-corrected chi connectivity index (χ4v) is 4.37. The van der Waals surface area contributed by atoms with Crippen LogP contribution in [-0.2, 0) is 17.6 Å². The first-order valence-electron chi connectivity index (χ1n) is 13.2. The van der Waals surface area contributed by atoms with E-state index in [-0.39, 0.29) is 40.6 Å². The van der Waals surface area contributed by atoms with Crippen molar-refractivity contribution in [2.75, 3.05) is 26.3 Å². The van der Waals surface area contributed by atoms with E-state index in [9.17, 15) is 15.0 Å². The third kappa shape index (κ3) is 9.27. The van der Waals surface area contributed by atoms with Crippen molar-refractivity contribution >= 4 is 23.1 Å². The van der Waals surface area contributed by atoms with Crippen molar-refractivity contribution in [2.24, 2.45) is 0 Å². The second-order valence-corrected chi connectivity index (χ2v) is 10.6. The molecule has 0 fully saturated rings. The molecular weight excluding hydrogens is 552 g/mol. The fourth-order valence-electron chi connectivity index (χ4n) is 4.37. The minimum atomic E-state index is -0.512. The van der Waals surface area contributed by atoms with Gasteiger partial charge in [-0.3, -0.25) is 0 Å². The monoisotopic (exact) mass is 594 g/mol. The zero-order valence-corrected chi connectivity index (χ0v) is 24.9. The van der Waals surface area contributed by atoms with E-state index in [2.05, 4.69) is 12.2 Å². The molecule has 2 aliphatic rings. The SMILES string of the molecule is Br.CCCN(C(=O)OC(C)(C)C)C1COc2cc(O)ccc2C1.CCCNC1COc2cc(O)ccc2C1. The average molecular weight is 596 g/mol. The highest BCUT2D eigenvalue weighted by Crippen LogP contribution is 2.31. The van der Waals surface area contributed by atoms with Crippen LogP contribution in [0.5, 0.6) is 23.0 Å². The number of nitrogens with one attached hydrogen (secondary N) is 1. The number of carbonyl (C=O) groups excluding carboxylic acids is 1. The summed E-state index contributed by atoms with van der Waals surface area (Å²) in [5.41, 5.74) is 1.66. The van der Waals surface area contributed by atoms with Crippen LogP contribution in [0.1, 0.15) is 58.6 Å². The Kier molecular flexibility index (Phi) is 12.0. The predicted molar refractivity (Wildman–Crippen MR) is 154 cm³/mol. The molecule has 2 heterocycles. The van der Waals surface area contributed by atoms with Crippen molar-refractivity contribution in [1.29, 1.82) is 0 Å². The van der Waals surface area contributed by atoms with Crippen molar-refractivity contribution in [1.82, 2.24) is 10.2 Å². The number of phenols is 2. The van der Waals surface area contributed by atoms with Gasteiger partial charge in [-0.05, 0) is 76.3 Å². The minimum Gasteiger partial charge on any atom is -0.508 e. The lowest BCUT2D eigenvalue weighted by Gasteiger charge is -2.36. The first-order valence-corrected chi connectivity index (χ1v) is 13.2. The predicted octanol–water partition coefficient (Wildman–Crippen LogP) is 5.62. The van der Waals surface area contributed by atoms with Crippen LogP contribution >= 0.6 is 17.0 Å². The van der Waals surface area contributed by atoms with Crippen LogP contribution in [0.15, 0.2) is 36.4 Å². The third-order valence-electron chi connectivity index (χ3n) is 6.11. The average Bonchev–Trinajstić information content (AvgIpc) is 2.85. The zero-order valence-electron chi connectivity index (χ0n) is 23.2. The summed E-state index contributed by atoms with van der Waals surface area (Å²) in [5, 5.41) is 22.2. The van der Waals surface area contributed by atoms with Gasteiger partial charge in [-0.1, -0.05) is 26.0 Å². The lowest BCUT2D eigenvalue weighted by Crippen LogP contribution is -2.48. The van der Waals surface area contributed by atoms with Gasteiger partial charge in [0.05, 0.1) is 6.04 Å². The highest BCUT2D eigenvalue weighted by Gasteiger charge is 2.31. The molecule has 0 saturated heterocycles.